The molecule has 2 amide bonds. The summed E-state index contributed by atoms with van der Waals surface area (Å²) in [6, 6.07) is 17.1. The Kier molecular flexibility index (Phi) is 7.81. The van der Waals surface area contributed by atoms with Crippen LogP contribution in [0, 0.1) is 0 Å². The summed E-state index contributed by atoms with van der Waals surface area (Å²) in [4.78, 5) is 37.5. The summed E-state index contributed by atoms with van der Waals surface area (Å²) in [6.45, 7) is 5.25. The first-order valence-corrected chi connectivity index (χ1v) is 13.0. The highest BCUT2D eigenvalue weighted by molar-refractivity contribution is 5.94. The fraction of sp³-hybridized carbons (Fsp3) is 0.357. The molecule has 1 aromatic heterocycles. The third kappa shape index (κ3) is 6.09. The van der Waals surface area contributed by atoms with Crippen LogP contribution in [0.15, 0.2) is 60.8 Å². The van der Waals surface area contributed by atoms with Crippen LogP contribution < -0.4 is 21.3 Å². The van der Waals surface area contributed by atoms with Gasteiger partial charge >= 0.3 is 0 Å². The van der Waals surface area contributed by atoms with E-state index in [0.29, 0.717) is 25.6 Å². The SMILES string of the molecule is C[C@@H](N)C(=O)N1CCN(c2ccc(Nc3nccc(-c4ccc(NC(=O)C5CCCO5)cc4)n3)cc2)CC1. The third-order valence-corrected chi connectivity index (χ3v) is 6.80. The summed E-state index contributed by atoms with van der Waals surface area (Å²) in [6.07, 6.45) is 3.04. The topological polar surface area (TPSA) is 126 Å². The summed E-state index contributed by atoms with van der Waals surface area (Å²) in [5, 5.41) is 6.18. The van der Waals surface area contributed by atoms with Crippen LogP contribution in [0.4, 0.5) is 23.0 Å². The molecule has 2 fully saturated rings. The largest absolute Gasteiger partial charge is 0.368 e. The molecule has 0 saturated carbocycles. The zero-order valence-electron chi connectivity index (χ0n) is 21.5. The molecule has 0 bridgehead atoms. The molecule has 2 aromatic carbocycles. The number of ether oxygens (including phenoxy) is 1. The molecule has 2 aliphatic rings. The Labute approximate surface area is 222 Å². The molecule has 10 heteroatoms. The number of nitrogens with zero attached hydrogens (tertiary/aromatic N) is 4. The molecule has 10 nitrogen and oxygen atoms in total. The quantitative estimate of drug-likeness (QED) is 0.439. The summed E-state index contributed by atoms with van der Waals surface area (Å²) < 4.78 is 5.44. The van der Waals surface area contributed by atoms with Gasteiger partial charge in [-0.25, -0.2) is 9.97 Å². The van der Waals surface area contributed by atoms with Crippen LogP contribution >= 0.6 is 0 Å². The average molecular weight is 516 g/mol. The third-order valence-electron chi connectivity index (χ3n) is 6.80. The number of nitrogens with two attached hydrogens (primary N) is 1. The van der Waals surface area contributed by atoms with E-state index in [2.05, 4.69) is 37.6 Å². The molecule has 2 saturated heterocycles. The van der Waals surface area contributed by atoms with Crippen LogP contribution in [-0.2, 0) is 14.3 Å². The zero-order valence-corrected chi connectivity index (χ0v) is 21.5. The minimum atomic E-state index is -0.462. The molecular formula is C28H33N7O3. The van der Waals surface area contributed by atoms with Crippen LogP contribution in [-0.4, -0.2) is 71.6 Å². The van der Waals surface area contributed by atoms with Crippen molar-refractivity contribution in [1.82, 2.24) is 14.9 Å². The number of piperazine rings is 1. The lowest BCUT2D eigenvalue weighted by Gasteiger charge is -2.36. The minimum Gasteiger partial charge on any atom is -0.368 e. The first-order chi connectivity index (χ1) is 18.5. The molecule has 2 atom stereocenters. The Morgan fingerprint density at radius 3 is 2.37 bits per heavy atom. The van der Waals surface area contributed by atoms with E-state index in [9.17, 15) is 9.59 Å². The van der Waals surface area contributed by atoms with Crippen LogP contribution in [0.2, 0.25) is 0 Å². The molecular weight excluding hydrogens is 482 g/mol. The van der Waals surface area contributed by atoms with Gasteiger partial charge in [-0.1, -0.05) is 12.1 Å². The maximum atomic E-state index is 12.3. The van der Waals surface area contributed by atoms with E-state index < -0.39 is 6.04 Å². The summed E-state index contributed by atoms with van der Waals surface area (Å²) in [5.41, 5.74) is 10.1. The molecule has 3 heterocycles. The van der Waals surface area contributed by atoms with Gasteiger partial charge in [0, 0.05) is 61.6 Å². The molecule has 4 N–H and O–H groups in total. The van der Waals surface area contributed by atoms with Crippen LogP contribution in [0.25, 0.3) is 11.3 Å². The Balaban J connectivity index is 1.17. The van der Waals surface area contributed by atoms with Crippen molar-refractivity contribution < 1.29 is 14.3 Å². The Hall–Kier alpha value is -4.02. The van der Waals surface area contributed by atoms with E-state index in [1.54, 1.807) is 13.1 Å². The highest BCUT2D eigenvalue weighted by Crippen LogP contribution is 2.24. The smallest absolute Gasteiger partial charge is 0.253 e. The van der Waals surface area contributed by atoms with E-state index in [-0.39, 0.29) is 17.9 Å². The predicted octanol–water partition coefficient (Wildman–Crippen LogP) is 3.00. The lowest BCUT2D eigenvalue weighted by molar-refractivity contribution is -0.132. The number of carbonyl (C=O) groups excluding carboxylic acids is 2. The van der Waals surface area contributed by atoms with Gasteiger partial charge in [0.15, 0.2) is 0 Å². The number of benzene rings is 2. The molecule has 1 unspecified atom stereocenters. The van der Waals surface area contributed by atoms with E-state index in [4.69, 9.17) is 10.5 Å². The molecule has 0 radical (unpaired) electrons. The lowest BCUT2D eigenvalue weighted by Crippen LogP contribution is -2.52. The molecule has 38 heavy (non-hydrogen) atoms. The van der Waals surface area contributed by atoms with Crippen molar-refractivity contribution in [1.29, 1.82) is 0 Å². The Bertz CT molecular complexity index is 1250. The Morgan fingerprint density at radius 1 is 1.00 bits per heavy atom. The molecule has 0 aliphatic carbocycles. The van der Waals surface area contributed by atoms with Gasteiger partial charge < -0.3 is 30.9 Å². The van der Waals surface area contributed by atoms with Gasteiger partial charge in [-0.3, -0.25) is 9.59 Å². The standard InChI is InChI=1S/C28H33N7O3/c1-19(29)27(37)35-16-14-34(15-17-35)23-10-8-22(9-11-23)32-28-30-13-12-24(33-28)20-4-6-21(7-5-20)31-26(36)25-3-2-18-38-25/h4-13,19,25H,2-3,14-18,29H2,1H3,(H,31,36)(H,30,32,33)/t19-,25?/m1/s1. The highest BCUT2D eigenvalue weighted by atomic mass is 16.5. The zero-order chi connectivity index (χ0) is 26.5. The van der Waals surface area contributed by atoms with E-state index in [0.717, 1.165) is 54.3 Å². The molecule has 0 spiro atoms. The van der Waals surface area contributed by atoms with Crippen molar-refractivity contribution in [3.05, 3.63) is 60.8 Å². The number of nitrogens with one attached hydrogen (secondary N) is 2. The van der Waals surface area contributed by atoms with Crippen molar-refractivity contribution in [3.8, 4) is 11.3 Å². The van der Waals surface area contributed by atoms with Crippen molar-refractivity contribution >= 4 is 34.8 Å². The van der Waals surface area contributed by atoms with E-state index in [1.165, 1.54) is 0 Å². The monoisotopic (exact) mass is 515 g/mol. The average Bonchev–Trinajstić information content (AvgIpc) is 3.49. The van der Waals surface area contributed by atoms with Gasteiger partial charge in [0.1, 0.15) is 6.10 Å². The number of amides is 2. The normalized spacial score (nSPS) is 18.2. The highest BCUT2D eigenvalue weighted by Gasteiger charge is 2.24. The Morgan fingerprint density at radius 2 is 1.71 bits per heavy atom. The summed E-state index contributed by atoms with van der Waals surface area (Å²) in [5.74, 6) is 0.394. The molecule has 3 aromatic rings. The summed E-state index contributed by atoms with van der Waals surface area (Å²) in [7, 11) is 0. The van der Waals surface area contributed by atoms with Gasteiger partial charge in [-0.2, -0.15) is 0 Å². The number of hydrogen-bond donors (Lipinski definition) is 3. The maximum Gasteiger partial charge on any atom is 0.253 e. The number of aromatic nitrogens is 2. The van der Waals surface area contributed by atoms with Crippen molar-refractivity contribution in [2.45, 2.75) is 31.9 Å². The van der Waals surface area contributed by atoms with Crippen LogP contribution in [0.3, 0.4) is 0 Å². The van der Waals surface area contributed by atoms with Crippen LogP contribution in [0.1, 0.15) is 19.8 Å². The van der Waals surface area contributed by atoms with Gasteiger partial charge in [0.2, 0.25) is 11.9 Å². The molecule has 198 valence electrons. The van der Waals surface area contributed by atoms with Gasteiger partial charge in [-0.05, 0) is 62.2 Å². The van der Waals surface area contributed by atoms with Crippen LogP contribution in [0.5, 0.6) is 0 Å². The molecule has 5 rings (SSSR count). The van der Waals surface area contributed by atoms with Crippen molar-refractivity contribution in [2.75, 3.05) is 48.3 Å². The number of rotatable bonds is 7. The second-order valence-corrected chi connectivity index (χ2v) is 9.61. The first-order valence-electron chi connectivity index (χ1n) is 13.0. The fourth-order valence-corrected chi connectivity index (χ4v) is 4.67. The van der Waals surface area contributed by atoms with Gasteiger partial charge in [0.05, 0.1) is 11.7 Å². The number of anilines is 4. The van der Waals surface area contributed by atoms with Crippen molar-refractivity contribution in [3.63, 3.8) is 0 Å². The van der Waals surface area contributed by atoms with Gasteiger partial charge in [0.25, 0.3) is 5.91 Å². The van der Waals surface area contributed by atoms with E-state index >= 15 is 0 Å². The minimum absolute atomic E-state index is 0.00330. The fourth-order valence-electron chi connectivity index (χ4n) is 4.67. The first kappa shape index (κ1) is 25.6. The van der Waals surface area contributed by atoms with Gasteiger partial charge in [-0.15, -0.1) is 0 Å². The molecule has 2 aliphatic heterocycles. The number of carbonyl (C=O) groups is 2. The van der Waals surface area contributed by atoms with Crippen molar-refractivity contribution in [2.24, 2.45) is 5.73 Å². The predicted molar refractivity (Wildman–Crippen MR) is 147 cm³/mol. The number of hydrogen-bond acceptors (Lipinski definition) is 8. The lowest BCUT2D eigenvalue weighted by atomic mass is 10.1. The maximum absolute atomic E-state index is 12.3. The van der Waals surface area contributed by atoms with E-state index in [1.807, 2.05) is 47.4 Å². The second-order valence-electron chi connectivity index (χ2n) is 9.61. The second kappa shape index (κ2) is 11.6. The summed E-state index contributed by atoms with van der Waals surface area (Å²) >= 11 is 0.